The molecule has 1 atom stereocenters. The standard InChI is InChI=1S/C11H18N4O/c1-9(12)10-6-13-15(7-10)8-11(16)14-4-2-3-5-14/h6-7,9H,2-5,8,12H2,1H3/t9-/m0/s1. The molecular formula is C11H18N4O. The highest BCUT2D eigenvalue weighted by molar-refractivity contribution is 5.76. The molecule has 0 unspecified atom stereocenters. The zero-order valence-corrected chi connectivity index (χ0v) is 9.59. The van der Waals surface area contributed by atoms with Crippen LogP contribution in [0.3, 0.4) is 0 Å². The van der Waals surface area contributed by atoms with Gasteiger partial charge in [-0.1, -0.05) is 0 Å². The zero-order chi connectivity index (χ0) is 11.5. The fourth-order valence-corrected chi connectivity index (χ4v) is 1.91. The predicted octanol–water partition coefficient (Wildman–Crippen LogP) is 0.525. The van der Waals surface area contributed by atoms with E-state index in [1.165, 1.54) is 0 Å². The molecule has 0 bridgehead atoms. The molecule has 1 saturated heterocycles. The summed E-state index contributed by atoms with van der Waals surface area (Å²) >= 11 is 0. The largest absolute Gasteiger partial charge is 0.341 e. The van der Waals surface area contributed by atoms with Crippen molar-refractivity contribution in [3.63, 3.8) is 0 Å². The Hall–Kier alpha value is -1.36. The molecule has 5 heteroatoms. The van der Waals surface area contributed by atoms with Crippen LogP contribution in [0.5, 0.6) is 0 Å². The first-order valence-electron chi connectivity index (χ1n) is 5.72. The van der Waals surface area contributed by atoms with Crippen molar-refractivity contribution >= 4 is 5.91 Å². The highest BCUT2D eigenvalue weighted by Crippen LogP contribution is 2.10. The van der Waals surface area contributed by atoms with Gasteiger partial charge in [0.25, 0.3) is 0 Å². The van der Waals surface area contributed by atoms with Crippen molar-refractivity contribution in [2.45, 2.75) is 32.4 Å². The summed E-state index contributed by atoms with van der Waals surface area (Å²) in [5, 5.41) is 4.14. The Morgan fingerprint density at radius 2 is 2.25 bits per heavy atom. The van der Waals surface area contributed by atoms with Crippen LogP contribution in [0.1, 0.15) is 31.4 Å². The van der Waals surface area contributed by atoms with Gasteiger partial charge in [-0.15, -0.1) is 0 Å². The van der Waals surface area contributed by atoms with Crippen molar-refractivity contribution in [1.29, 1.82) is 0 Å². The van der Waals surface area contributed by atoms with Crippen molar-refractivity contribution in [1.82, 2.24) is 14.7 Å². The molecule has 5 nitrogen and oxygen atoms in total. The van der Waals surface area contributed by atoms with E-state index < -0.39 is 0 Å². The topological polar surface area (TPSA) is 64.1 Å². The van der Waals surface area contributed by atoms with Gasteiger partial charge in [-0.25, -0.2) is 0 Å². The zero-order valence-electron chi connectivity index (χ0n) is 9.59. The maximum atomic E-state index is 11.8. The van der Waals surface area contributed by atoms with Crippen molar-refractivity contribution in [3.8, 4) is 0 Å². The normalized spacial score (nSPS) is 17.8. The van der Waals surface area contributed by atoms with Gasteiger partial charge in [-0.3, -0.25) is 9.48 Å². The van der Waals surface area contributed by atoms with E-state index in [0.29, 0.717) is 6.54 Å². The van der Waals surface area contributed by atoms with Crippen molar-refractivity contribution in [2.75, 3.05) is 13.1 Å². The van der Waals surface area contributed by atoms with Crippen molar-refractivity contribution in [2.24, 2.45) is 5.73 Å². The van der Waals surface area contributed by atoms with Gasteiger partial charge in [0, 0.05) is 30.9 Å². The Balaban J connectivity index is 1.95. The Bertz CT molecular complexity index is 366. The van der Waals surface area contributed by atoms with E-state index in [9.17, 15) is 4.79 Å². The van der Waals surface area contributed by atoms with E-state index >= 15 is 0 Å². The molecule has 0 aromatic carbocycles. The first kappa shape index (κ1) is 11.1. The Labute approximate surface area is 95.2 Å². The van der Waals surface area contributed by atoms with Gasteiger partial charge in [0.15, 0.2) is 0 Å². The number of hydrogen-bond donors (Lipinski definition) is 1. The number of aromatic nitrogens is 2. The number of likely N-dealkylation sites (tertiary alicyclic amines) is 1. The minimum absolute atomic E-state index is 0.0318. The summed E-state index contributed by atoms with van der Waals surface area (Å²) in [5.74, 6) is 0.150. The molecule has 0 radical (unpaired) electrons. The molecule has 2 N–H and O–H groups in total. The second-order valence-electron chi connectivity index (χ2n) is 4.35. The van der Waals surface area contributed by atoms with Crippen LogP contribution in [-0.2, 0) is 11.3 Å². The molecule has 16 heavy (non-hydrogen) atoms. The van der Waals surface area contributed by atoms with Gasteiger partial charge < -0.3 is 10.6 Å². The molecule has 88 valence electrons. The molecule has 1 fully saturated rings. The van der Waals surface area contributed by atoms with Gasteiger partial charge in [-0.2, -0.15) is 5.10 Å². The van der Waals surface area contributed by atoms with Crippen molar-refractivity contribution < 1.29 is 4.79 Å². The van der Waals surface area contributed by atoms with Crippen LogP contribution in [0, 0.1) is 0 Å². The highest BCUT2D eigenvalue weighted by Gasteiger charge is 2.18. The number of hydrogen-bond acceptors (Lipinski definition) is 3. The van der Waals surface area contributed by atoms with E-state index in [-0.39, 0.29) is 11.9 Å². The second kappa shape index (κ2) is 4.65. The summed E-state index contributed by atoms with van der Waals surface area (Å²) in [6, 6.07) is -0.0318. The fraction of sp³-hybridized carbons (Fsp3) is 0.636. The third-order valence-electron chi connectivity index (χ3n) is 2.94. The molecule has 1 aromatic rings. The van der Waals surface area contributed by atoms with Gasteiger partial charge in [0.05, 0.1) is 6.20 Å². The van der Waals surface area contributed by atoms with Crippen molar-refractivity contribution in [3.05, 3.63) is 18.0 Å². The summed E-state index contributed by atoms with van der Waals surface area (Å²) < 4.78 is 1.67. The monoisotopic (exact) mass is 222 g/mol. The average molecular weight is 222 g/mol. The number of nitrogens with zero attached hydrogens (tertiary/aromatic N) is 3. The summed E-state index contributed by atoms with van der Waals surface area (Å²) in [6.45, 7) is 4.01. The molecule has 0 spiro atoms. The van der Waals surface area contributed by atoms with E-state index in [1.54, 1.807) is 10.9 Å². The van der Waals surface area contributed by atoms with Crippen LogP contribution >= 0.6 is 0 Å². The van der Waals surface area contributed by atoms with E-state index in [0.717, 1.165) is 31.5 Å². The number of nitrogens with two attached hydrogens (primary N) is 1. The predicted molar refractivity (Wildman–Crippen MR) is 60.6 cm³/mol. The van der Waals surface area contributed by atoms with Crippen LogP contribution in [0.25, 0.3) is 0 Å². The van der Waals surface area contributed by atoms with E-state index in [1.807, 2.05) is 18.0 Å². The van der Waals surface area contributed by atoms with Crippen LogP contribution in [0.2, 0.25) is 0 Å². The number of carbonyl (C=O) groups is 1. The lowest BCUT2D eigenvalue weighted by molar-refractivity contribution is -0.130. The molecule has 2 rings (SSSR count). The summed E-state index contributed by atoms with van der Waals surface area (Å²) in [4.78, 5) is 13.7. The molecular weight excluding hydrogens is 204 g/mol. The molecule has 0 aliphatic carbocycles. The first-order chi connectivity index (χ1) is 7.66. The lowest BCUT2D eigenvalue weighted by Crippen LogP contribution is -2.31. The SMILES string of the molecule is C[C@H](N)c1cnn(CC(=O)N2CCCC2)c1. The first-order valence-corrected chi connectivity index (χ1v) is 5.72. The third kappa shape index (κ3) is 2.41. The number of rotatable bonds is 3. The lowest BCUT2D eigenvalue weighted by Gasteiger charge is -2.14. The van der Waals surface area contributed by atoms with E-state index in [4.69, 9.17) is 5.73 Å². The Morgan fingerprint density at radius 1 is 1.56 bits per heavy atom. The van der Waals surface area contributed by atoms with Gasteiger partial charge >= 0.3 is 0 Å². The summed E-state index contributed by atoms with van der Waals surface area (Å²) in [6.07, 6.45) is 5.81. The molecule has 1 aliphatic rings. The van der Waals surface area contributed by atoms with E-state index in [2.05, 4.69) is 5.10 Å². The molecule has 1 aromatic heterocycles. The lowest BCUT2D eigenvalue weighted by atomic mass is 10.2. The van der Waals surface area contributed by atoms with Crippen LogP contribution in [0.4, 0.5) is 0 Å². The third-order valence-corrected chi connectivity index (χ3v) is 2.94. The molecule has 1 aliphatic heterocycles. The smallest absolute Gasteiger partial charge is 0.244 e. The minimum Gasteiger partial charge on any atom is -0.341 e. The second-order valence-corrected chi connectivity index (χ2v) is 4.35. The Kier molecular flexibility index (Phi) is 3.24. The molecule has 0 saturated carbocycles. The van der Waals surface area contributed by atoms with Gasteiger partial charge in [0.1, 0.15) is 6.54 Å². The molecule has 2 heterocycles. The summed E-state index contributed by atoms with van der Waals surface area (Å²) in [5.41, 5.74) is 6.70. The maximum Gasteiger partial charge on any atom is 0.244 e. The molecule has 1 amide bonds. The van der Waals surface area contributed by atoms with Crippen LogP contribution < -0.4 is 5.73 Å². The van der Waals surface area contributed by atoms with Gasteiger partial charge in [0.2, 0.25) is 5.91 Å². The Morgan fingerprint density at radius 3 is 2.81 bits per heavy atom. The quantitative estimate of drug-likeness (QED) is 0.811. The minimum atomic E-state index is -0.0318. The fourth-order valence-electron chi connectivity index (χ4n) is 1.91. The van der Waals surface area contributed by atoms with Crippen LogP contribution in [-0.4, -0.2) is 33.7 Å². The van der Waals surface area contributed by atoms with Gasteiger partial charge in [-0.05, 0) is 19.8 Å². The number of amides is 1. The number of carbonyl (C=O) groups excluding carboxylic acids is 1. The average Bonchev–Trinajstić information content (AvgIpc) is 2.87. The van der Waals surface area contributed by atoms with Crippen LogP contribution in [0.15, 0.2) is 12.4 Å². The maximum absolute atomic E-state index is 11.8. The summed E-state index contributed by atoms with van der Waals surface area (Å²) in [7, 11) is 0. The highest BCUT2D eigenvalue weighted by atomic mass is 16.2.